The Morgan fingerprint density at radius 3 is 2.78 bits per heavy atom. The zero-order valence-electron chi connectivity index (χ0n) is 10.7. The quantitative estimate of drug-likeness (QED) is 0.694. The number of nitrogens with one attached hydrogen (secondary N) is 1. The molecule has 2 atom stereocenters. The maximum atomic E-state index is 13.5. The van der Waals surface area contributed by atoms with Crippen molar-refractivity contribution < 1.29 is 19.3 Å². The average Bonchev–Trinajstić information content (AvgIpc) is 2.29. The summed E-state index contributed by atoms with van der Waals surface area (Å²) in [4.78, 5) is 0. The number of phenols is 1. The SMILES string of the molecule is COCC(O)CCNC(C)c1ccc(O)cc1F. The molecule has 0 amide bonds. The van der Waals surface area contributed by atoms with Gasteiger partial charge in [0.05, 0.1) is 12.7 Å². The van der Waals surface area contributed by atoms with E-state index in [0.717, 1.165) is 6.07 Å². The highest BCUT2D eigenvalue weighted by Gasteiger charge is 2.11. The Labute approximate surface area is 106 Å². The van der Waals surface area contributed by atoms with Gasteiger partial charge in [-0.2, -0.15) is 0 Å². The van der Waals surface area contributed by atoms with Crippen LogP contribution in [0.15, 0.2) is 18.2 Å². The predicted molar refractivity (Wildman–Crippen MR) is 67.0 cm³/mol. The summed E-state index contributed by atoms with van der Waals surface area (Å²) in [7, 11) is 1.53. The number of hydrogen-bond acceptors (Lipinski definition) is 4. The van der Waals surface area contributed by atoms with Gasteiger partial charge < -0.3 is 20.3 Å². The first-order valence-corrected chi connectivity index (χ1v) is 5.93. The highest BCUT2D eigenvalue weighted by molar-refractivity contribution is 5.29. The van der Waals surface area contributed by atoms with E-state index in [2.05, 4.69) is 5.32 Å². The Bertz CT molecular complexity index is 373. The van der Waals surface area contributed by atoms with Gasteiger partial charge in [0, 0.05) is 24.8 Å². The molecule has 0 radical (unpaired) electrons. The molecule has 1 rings (SSSR count). The molecule has 2 unspecified atom stereocenters. The molecule has 0 fully saturated rings. The third-order valence-corrected chi connectivity index (χ3v) is 2.74. The van der Waals surface area contributed by atoms with E-state index in [4.69, 9.17) is 9.84 Å². The first kappa shape index (κ1) is 14.9. The summed E-state index contributed by atoms with van der Waals surface area (Å²) >= 11 is 0. The molecule has 0 saturated carbocycles. The molecule has 18 heavy (non-hydrogen) atoms. The zero-order chi connectivity index (χ0) is 13.5. The van der Waals surface area contributed by atoms with Gasteiger partial charge in [0.15, 0.2) is 0 Å². The Morgan fingerprint density at radius 2 is 2.17 bits per heavy atom. The van der Waals surface area contributed by atoms with Crippen LogP contribution in [0, 0.1) is 5.82 Å². The minimum absolute atomic E-state index is 0.0843. The second kappa shape index (κ2) is 7.31. The van der Waals surface area contributed by atoms with Crippen molar-refractivity contribution >= 4 is 0 Å². The molecule has 1 aromatic carbocycles. The van der Waals surface area contributed by atoms with Crippen molar-refractivity contribution in [2.75, 3.05) is 20.3 Å². The second-order valence-electron chi connectivity index (χ2n) is 4.28. The first-order valence-electron chi connectivity index (χ1n) is 5.93. The Balaban J connectivity index is 2.43. The van der Waals surface area contributed by atoms with Crippen molar-refractivity contribution in [3.63, 3.8) is 0 Å². The van der Waals surface area contributed by atoms with Crippen LogP contribution in [0.4, 0.5) is 4.39 Å². The van der Waals surface area contributed by atoms with Crippen LogP contribution in [-0.2, 0) is 4.74 Å². The number of rotatable bonds is 7. The standard InChI is InChI=1S/C13H20FNO3/c1-9(15-6-5-11(17)8-18-2)12-4-3-10(16)7-13(12)14/h3-4,7,9,11,15-17H,5-6,8H2,1-2H3. The van der Waals surface area contributed by atoms with Crippen LogP contribution in [0.3, 0.4) is 0 Å². The van der Waals surface area contributed by atoms with E-state index < -0.39 is 11.9 Å². The second-order valence-corrected chi connectivity index (χ2v) is 4.28. The van der Waals surface area contributed by atoms with Crippen LogP contribution in [0.25, 0.3) is 0 Å². The molecule has 0 aromatic heterocycles. The van der Waals surface area contributed by atoms with Crippen LogP contribution in [0.2, 0.25) is 0 Å². The maximum absolute atomic E-state index is 13.5. The number of aliphatic hydroxyl groups excluding tert-OH is 1. The molecular weight excluding hydrogens is 237 g/mol. The van der Waals surface area contributed by atoms with E-state index >= 15 is 0 Å². The van der Waals surface area contributed by atoms with Crippen molar-refractivity contribution in [2.24, 2.45) is 0 Å². The highest BCUT2D eigenvalue weighted by Crippen LogP contribution is 2.20. The van der Waals surface area contributed by atoms with Crippen molar-refractivity contribution in [3.8, 4) is 5.75 Å². The third kappa shape index (κ3) is 4.60. The smallest absolute Gasteiger partial charge is 0.131 e. The monoisotopic (exact) mass is 257 g/mol. The minimum atomic E-state index is -0.514. The summed E-state index contributed by atoms with van der Waals surface area (Å²) in [5.74, 6) is -0.522. The van der Waals surface area contributed by atoms with Gasteiger partial charge in [0.2, 0.25) is 0 Å². The lowest BCUT2D eigenvalue weighted by atomic mass is 10.1. The van der Waals surface area contributed by atoms with Gasteiger partial charge >= 0.3 is 0 Å². The predicted octanol–water partition coefficient (Wildman–Crippen LogP) is 1.58. The topological polar surface area (TPSA) is 61.7 Å². The number of ether oxygens (including phenoxy) is 1. The molecular formula is C13H20FNO3. The molecule has 0 saturated heterocycles. The van der Waals surface area contributed by atoms with E-state index in [1.165, 1.54) is 13.2 Å². The van der Waals surface area contributed by atoms with Crippen molar-refractivity contribution in [1.82, 2.24) is 5.32 Å². The molecule has 0 aliphatic rings. The zero-order valence-corrected chi connectivity index (χ0v) is 10.7. The summed E-state index contributed by atoms with van der Waals surface area (Å²) in [5, 5.41) is 21.7. The molecule has 0 spiro atoms. The lowest BCUT2D eigenvalue weighted by molar-refractivity contribution is 0.0590. The molecule has 0 heterocycles. The van der Waals surface area contributed by atoms with Gasteiger partial charge in [0.25, 0.3) is 0 Å². The van der Waals surface area contributed by atoms with Crippen LogP contribution >= 0.6 is 0 Å². The number of benzene rings is 1. The molecule has 0 bridgehead atoms. The highest BCUT2D eigenvalue weighted by atomic mass is 19.1. The van der Waals surface area contributed by atoms with Crippen molar-refractivity contribution in [3.05, 3.63) is 29.6 Å². The van der Waals surface area contributed by atoms with E-state index in [1.807, 2.05) is 6.92 Å². The number of hydrogen-bond donors (Lipinski definition) is 3. The number of aromatic hydroxyl groups is 1. The lowest BCUT2D eigenvalue weighted by Gasteiger charge is -2.16. The molecule has 1 aromatic rings. The van der Waals surface area contributed by atoms with Crippen LogP contribution < -0.4 is 5.32 Å². The molecule has 5 heteroatoms. The summed E-state index contributed by atoms with van der Waals surface area (Å²) in [6.45, 7) is 2.69. The summed E-state index contributed by atoms with van der Waals surface area (Å²) in [6.07, 6.45) is 0.0251. The van der Waals surface area contributed by atoms with Crippen LogP contribution in [-0.4, -0.2) is 36.6 Å². The summed E-state index contributed by atoms with van der Waals surface area (Å²) in [5.41, 5.74) is 0.494. The van der Waals surface area contributed by atoms with E-state index in [1.54, 1.807) is 6.07 Å². The van der Waals surface area contributed by atoms with Gasteiger partial charge in [0.1, 0.15) is 11.6 Å². The fraction of sp³-hybridized carbons (Fsp3) is 0.538. The Kier molecular flexibility index (Phi) is 6.04. The fourth-order valence-corrected chi connectivity index (χ4v) is 1.72. The number of aliphatic hydroxyl groups is 1. The van der Waals surface area contributed by atoms with Crippen molar-refractivity contribution in [2.45, 2.75) is 25.5 Å². The molecule has 0 aliphatic carbocycles. The minimum Gasteiger partial charge on any atom is -0.508 e. The number of halogens is 1. The van der Waals surface area contributed by atoms with Gasteiger partial charge in [-0.05, 0) is 26.0 Å². The maximum Gasteiger partial charge on any atom is 0.131 e. The molecule has 0 aliphatic heterocycles. The van der Waals surface area contributed by atoms with E-state index in [-0.39, 0.29) is 11.8 Å². The number of methoxy groups -OCH3 is 1. The average molecular weight is 257 g/mol. The fourth-order valence-electron chi connectivity index (χ4n) is 1.72. The first-order chi connectivity index (χ1) is 8.54. The Hall–Kier alpha value is -1.17. The normalized spacial score (nSPS) is 14.4. The third-order valence-electron chi connectivity index (χ3n) is 2.74. The molecule has 102 valence electrons. The lowest BCUT2D eigenvalue weighted by Crippen LogP contribution is -2.26. The summed E-state index contributed by atoms with van der Waals surface area (Å²) < 4.78 is 18.4. The van der Waals surface area contributed by atoms with E-state index in [0.29, 0.717) is 25.1 Å². The van der Waals surface area contributed by atoms with Crippen molar-refractivity contribution in [1.29, 1.82) is 0 Å². The summed E-state index contributed by atoms with van der Waals surface area (Å²) in [6, 6.07) is 3.91. The van der Waals surface area contributed by atoms with Gasteiger partial charge in [-0.3, -0.25) is 0 Å². The van der Waals surface area contributed by atoms with Gasteiger partial charge in [-0.1, -0.05) is 6.07 Å². The van der Waals surface area contributed by atoms with E-state index in [9.17, 15) is 9.50 Å². The molecule has 4 nitrogen and oxygen atoms in total. The molecule has 3 N–H and O–H groups in total. The van der Waals surface area contributed by atoms with Crippen LogP contribution in [0.1, 0.15) is 24.9 Å². The van der Waals surface area contributed by atoms with Gasteiger partial charge in [-0.15, -0.1) is 0 Å². The number of phenolic OH excluding ortho intramolecular Hbond substituents is 1. The van der Waals surface area contributed by atoms with Crippen LogP contribution in [0.5, 0.6) is 5.75 Å². The largest absolute Gasteiger partial charge is 0.508 e. The van der Waals surface area contributed by atoms with Gasteiger partial charge in [-0.25, -0.2) is 4.39 Å². The Morgan fingerprint density at radius 1 is 1.44 bits per heavy atom.